The van der Waals surface area contributed by atoms with Crippen LogP contribution in [0.25, 0.3) is 0 Å². The second-order valence-corrected chi connectivity index (χ2v) is 5.04. The lowest BCUT2D eigenvalue weighted by molar-refractivity contribution is 0.237. The Hall–Kier alpha value is -0.870. The Morgan fingerprint density at radius 2 is 2.35 bits per heavy atom. The van der Waals surface area contributed by atoms with Crippen molar-refractivity contribution in [3.63, 3.8) is 0 Å². The molecule has 1 aliphatic rings. The van der Waals surface area contributed by atoms with E-state index < -0.39 is 0 Å². The van der Waals surface area contributed by atoms with Gasteiger partial charge in [-0.3, -0.25) is 4.90 Å². The van der Waals surface area contributed by atoms with Crippen LogP contribution in [-0.4, -0.2) is 34.6 Å². The van der Waals surface area contributed by atoms with Gasteiger partial charge in [-0.15, -0.1) is 0 Å². The van der Waals surface area contributed by atoms with Gasteiger partial charge in [0.1, 0.15) is 0 Å². The van der Waals surface area contributed by atoms with Crippen molar-refractivity contribution in [1.29, 1.82) is 0 Å². The molecule has 1 aromatic rings. The minimum absolute atomic E-state index is 0.310. The van der Waals surface area contributed by atoms with E-state index in [-0.39, 0.29) is 0 Å². The monoisotopic (exact) mass is 236 g/mol. The second kappa shape index (κ2) is 5.65. The van der Waals surface area contributed by atoms with Crippen molar-refractivity contribution in [2.24, 2.45) is 5.73 Å². The van der Waals surface area contributed by atoms with E-state index in [4.69, 9.17) is 5.73 Å². The fraction of sp³-hybridized carbons (Fsp3) is 0.769. The molecule has 1 saturated carbocycles. The van der Waals surface area contributed by atoms with E-state index in [0.717, 1.165) is 6.54 Å². The highest BCUT2D eigenvalue weighted by atomic mass is 15.2. The molecule has 2 rings (SSSR count). The number of hydrogen-bond acceptors (Lipinski definition) is 3. The lowest BCUT2D eigenvalue weighted by Crippen LogP contribution is -2.32. The van der Waals surface area contributed by atoms with Crippen LogP contribution in [0, 0.1) is 0 Å². The summed E-state index contributed by atoms with van der Waals surface area (Å²) in [5.41, 5.74) is 7.23. The third-order valence-electron chi connectivity index (χ3n) is 3.60. The summed E-state index contributed by atoms with van der Waals surface area (Å²) < 4.78 is 2.32. The van der Waals surface area contributed by atoms with Gasteiger partial charge in [-0.05, 0) is 32.9 Å². The van der Waals surface area contributed by atoms with Crippen molar-refractivity contribution < 1.29 is 0 Å². The fourth-order valence-electron chi connectivity index (χ4n) is 2.32. The molecule has 0 saturated heterocycles. The van der Waals surface area contributed by atoms with Crippen molar-refractivity contribution in [3.8, 4) is 0 Å². The summed E-state index contributed by atoms with van der Waals surface area (Å²) in [5.74, 6) is 0. The highest BCUT2D eigenvalue weighted by Crippen LogP contribution is 2.37. The Balaban J connectivity index is 2.07. The van der Waals surface area contributed by atoms with E-state index in [1.54, 1.807) is 0 Å². The number of nitrogens with two attached hydrogens (primary N) is 1. The molecule has 96 valence electrons. The van der Waals surface area contributed by atoms with Crippen LogP contribution in [0.4, 0.5) is 0 Å². The smallest absolute Gasteiger partial charge is 0.0951 e. The first kappa shape index (κ1) is 12.6. The molecule has 4 nitrogen and oxygen atoms in total. The summed E-state index contributed by atoms with van der Waals surface area (Å²) in [7, 11) is 2.16. The summed E-state index contributed by atoms with van der Waals surface area (Å²) in [4.78, 5) is 6.66. The largest absolute Gasteiger partial charge is 0.330 e. The van der Waals surface area contributed by atoms with Crippen molar-refractivity contribution >= 4 is 0 Å². The number of nitrogens with zero attached hydrogens (tertiary/aromatic N) is 3. The molecule has 1 aromatic heterocycles. The molecule has 1 aliphatic carbocycles. The summed E-state index contributed by atoms with van der Waals surface area (Å²) in [6.07, 6.45) is 8.98. The van der Waals surface area contributed by atoms with Gasteiger partial charge < -0.3 is 10.3 Å². The topological polar surface area (TPSA) is 47.1 Å². The first-order valence-corrected chi connectivity index (χ1v) is 6.70. The Labute approximate surface area is 104 Å². The van der Waals surface area contributed by atoms with E-state index in [9.17, 15) is 0 Å². The van der Waals surface area contributed by atoms with Gasteiger partial charge in [-0.25, -0.2) is 4.98 Å². The second-order valence-electron chi connectivity index (χ2n) is 5.04. The number of rotatable bonds is 7. The predicted molar refractivity (Wildman–Crippen MR) is 69.8 cm³/mol. The van der Waals surface area contributed by atoms with Gasteiger partial charge in [-0.2, -0.15) is 0 Å². The van der Waals surface area contributed by atoms with Crippen LogP contribution in [0.2, 0.25) is 0 Å². The molecule has 2 N–H and O–H groups in total. The van der Waals surface area contributed by atoms with Crippen molar-refractivity contribution in [2.75, 3.05) is 20.1 Å². The Kier molecular flexibility index (Phi) is 4.18. The van der Waals surface area contributed by atoms with E-state index in [1.807, 2.05) is 12.5 Å². The molecule has 0 bridgehead atoms. The summed E-state index contributed by atoms with van der Waals surface area (Å²) in [6, 6.07) is 0.991. The van der Waals surface area contributed by atoms with Gasteiger partial charge in [0.15, 0.2) is 0 Å². The normalized spacial score (nSPS) is 17.6. The highest BCUT2D eigenvalue weighted by Gasteiger charge is 2.28. The fourth-order valence-corrected chi connectivity index (χ4v) is 2.32. The van der Waals surface area contributed by atoms with Crippen LogP contribution in [-0.2, 0) is 0 Å². The molecule has 0 aromatic carbocycles. The van der Waals surface area contributed by atoms with Gasteiger partial charge in [0.05, 0.1) is 18.1 Å². The molecule has 0 spiro atoms. The lowest BCUT2D eigenvalue weighted by atomic mass is 10.1. The van der Waals surface area contributed by atoms with E-state index in [2.05, 4.69) is 28.4 Å². The van der Waals surface area contributed by atoms with Gasteiger partial charge in [0.25, 0.3) is 0 Å². The number of aromatic nitrogens is 2. The maximum atomic E-state index is 5.94. The van der Waals surface area contributed by atoms with E-state index >= 15 is 0 Å². The molecule has 4 heteroatoms. The van der Waals surface area contributed by atoms with Gasteiger partial charge in [0.2, 0.25) is 0 Å². The minimum Gasteiger partial charge on any atom is -0.330 e. The quantitative estimate of drug-likeness (QED) is 0.787. The Morgan fingerprint density at radius 1 is 1.59 bits per heavy atom. The zero-order valence-electron chi connectivity index (χ0n) is 11.0. The number of imidazole rings is 1. The molecular weight excluding hydrogens is 212 g/mol. The van der Waals surface area contributed by atoms with Crippen LogP contribution in [0.5, 0.6) is 0 Å². The van der Waals surface area contributed by atoms with Crippen LogP contribution >= 0.6 is 0 Å². The first-order chi connectivity index (χ1) is 8.27. The highest BCUT2D eigenvalue weighted by molar-refractivity contribution is 5.09. The third kappa shape index (κ3) is 2.87. The van der Waals surface area contributed by atoms with Crippen LogP contribution in [0.1, 0.15) is 50.4 Å². The molecule has 0 radical (unpaired) electrons. The number of likely N-dealkylation sites (N-methyl/N-ethyl adjacent to an activating group) is 1. The van der Waals surface area contributed by atoms with Crippen LogP contribution < -0.4 is 5.73 Å². The molecule has 0 amide bonds. The summed E-state index contributed by atoms with van der Waals surface area (Å²) >= 11 is 0. The third-order valence-corrected chi connectivity index (χ3v) is 3.60. The minimum atomic E-state index is 0.310. The molecular formula is C13H24N4. The summed E-state index contributed by atoms with van der Waals surface area (Å²) in [5, 5.41) is 0. The Morgan fingerprint density at radius 3 is 2.94 bits per heavy atom. The average Bonchev–Trinajstić information content (AvgIpc) is 3.07. The number of unbranched alkanes of at least 4 members (excludes halogenated alkanes) is 1. The van der Waals surface area contributed by atoms with Gasteiger partial charge in [-0.1, -0.05) is 13.3 Å². The zero-order valence-corrected chi connectivity index (χ0v) is 11.0. The standard InChI is InChI=1S/C13H24N4/c1-3-4-7-16(2)12(8-14)13-9-15-10-17(13)11-5-6-11/h9-12H,3-8,14H2,1-2H3. The van der Waals surface area contributed by atoms with E-state index in [0.29, 0.717) is 18.6 Å². The molecule has 1 heterocycles. The van der Waals surface area contributed by atoms with Crippen molar-refractivity contribution in [2.45, 2.75) is 44.7 Å². The summed E-state index contributed by atoms with van der Waals surface area (Å²) in [6.45, 7) is 3.99. The van der Waals surface area contributed by atoms with Crippen LogP contribution in [0.15, 0.2) is 12.5 Å². The molecule has 1 fully saturated rings. The molecule has 17 heavy (non-hydrogen) atoms. The van der Waals surface area contributed by atoms with E-state index in [1.165, 1.54) is 31.4 Å². The first-order valence-electron chi connectivity index (χ1n) is 6.70. The Bertz CT molecular complexity index is 343. The maximum Gasteiger partial charge on any atom is 0.0951 e. The predicted octanol–water partition coefficient (Wildman–Crippen LogP) is 1.95. The zero-order chi connectivity index (χ0) is 12.3. The number of hydrogen-bond donors (Lipinski definition) is 1. The molecule has 1 atom stereocenters. The van der Waals surface area contributed by atoms with Crippen molar-refractivity contribution in [3.05, 3.63) is 18.2 Å². The van der Waals surface area contributed by atoms with Crippen molar-refractivity contribution in [1.82, 2.24) is 14.5 Å². The van der Waals surface area contributed by atoms with Crippen LogP contribution in [0.3, 0.4) is 0 Å². The molecule has 0 aliphatic heterocycles. The maximum absolute atomic E-state index is 5.94. The molecule has 1 unspecified atom stereocenters. The van der Waals surface area contributed by atoms with Gasteiger partial charge in [0, 0.05) is 18.8 Å². The van der Waals surface area contributed by atoms with Gasteiger partial charge >= 0.3 is 0 Å². The SMILES string of the molecule is CCCCN(C)C(CN)c1cncn1C1CC1. The average molecular weight is 236 g/mol. The lowest BCUT2D eigenvalue weighted by Gasteiger charge is -2.27.